The molecular formula is C18H30N2O2. The van der Waals surface area contributed by atoms with Crippen LogP contribution in [0.25, 0.3) is 0 Å². The summed E-state index contributed by atoms with van der Waals surface area (Å²) in [6.45, 7) is 5.58. The fourth-order valence-electron chi connectivity index (χ4n) is 6.00. The molecule has 0 atom stereocenters. The van der Waals surface area contributed by atoms with Gasteiger partial charge >= 0.3 is 0 Å². The van der Waals surface area contributed by atoms with Crippen molar-refractivity contribution in [3.63, 3.8) is 0 Å². The molecule has 22 heavy (non-hydrogen) atoms. The second kappa shape index (κ2) is 5.79. The Bertz CT molecular complexity index is 396. The predicted molar refractivity (Wildman–Crippen MR) is 85.5 cm³/mol. The maximum Gasteiger partial charge on any atom is 0.228 e. The van der Waals surface area contributed by atoms with E-state index in [4.69, 9.17) is 4.74 Å². The van der Waals surface area contributed by atoms with Gasteiger partial charge in [0.1, 0.15) is 0 Å². The smallest absolute Gasteiger partial charge is 0.228 e. The van der Waals surface area contributed by atoms with Gasteiger partial charge in [-0.1, -0.05) is 0 Å². The largest absolute Gasteiger partial charge is 0.379 e. The van der Waals surface area contributed by atoms with Crippen molar-refractivity contribution in [3.05, 3.63) is 0 Å². The maximum absolute atomic E-state index is 13.2. The molecule has 1 saturated heterocycles. The Balaban J connectivity index is 1.36. The average Bonchev–Trinajstić information content (AvgIpc) is 2.51. The van der Waals surface area contributed by atoms with Crippen LogP contribution in [-0.2, 0) is 9.53 Å². The van der Waals surface area contributed by atoms with Gasteiger partial charge in [0.15, 0.2) is 0 Å². The molecule has 5 fully saturated rings. The lowest BCUT2D eigenvalue weighted by Crippen LogP contribution is -2.54. The van der Waals surface area contributed by atoms with Crippen molar-refractivity contribution in [3.8, 4) is 0 Å². The lowest BCUT2D eigenvalue weighted by Gasteiger charge is -2.56. The molecule has 4 heteroatoms. The number of rotatable bonds is 4. The highest BCUT2D eigenvalue weighted by molar-refractivity contribution is 5.83. The number of hydrogen-bond donors (Lipinski definition) is 0. The molecule has 124 valence electrons. The van der Waals surface area contributed by atoms with E-state index in [9.17, 15) is 4.79 Å². The van der Waals surface area contributed by atoms with Crippen molar-refractivity contribution in [1.82, 2.24) is 9.80 Å². The molecule has 0 aromatic rings. The van der Waals surface area contributed by atoms with Gasteiger partial charge in [0.05, 0.1) is 18.6 Å². The third-order valence-electron chi connectivity index (χ3n) is 6.69. The molecule has 0 aromatic carbocycles. The van der Waals surface area contributed by atoms with Crippen LogP contribution in [0.1, 0.15) is 38.5 Å². The topological polar surface area (TPSA) is 32.8 Å². The third-order valence-corrected chi connectivity index (χ3v) is 6.69. The van der Waals surface area contributed by atoms with E-state index < -0.39 is 0 Å². The van der Waals surface area contributed by atoms with Crippen LogP contribution in [0.15, 0.2) is 0 Å². The molecule has 4 bridgehead atoms. The van der Waals surface area contributed by atoms with Crippen molar-refractivity contribution in [2.24, 2.45) is 23.2 Å². The van der Waals surface area contributed by atoms with E-state index in [1.54, 1.807) is 0 Å². The van der Waals surface area contributed by atoms with Gasteiger partial charge in [-0.25, -0.2) is 0 Å². The van der Waals surface area contributed by atoms with Crippen molar-refractivity contribution in [1.29, 1.82) is 0 Å². The van der Waals surface area contributed by atoms with Gasteiger partial charge in [0.2, 0.25) is 5.91 Å². The first-order valence-electron chi connectivity index (χ1n) is 9.20. The monoisotopic (exact) mass is 306 g/mol. The summed E-state index contributed by atoms with van der Waals surface area (Å²) in [5.41, 5.74) is 0.0223. The first-order valence-corrected chi connectivity index (χ1v) is 9.20. The lowest BCUT2D eigenvalue weighted by atomic mass is 9.49. The Morgan fingerprint density at radius 1 is 1.09 bits per heavy atom. The van der Waals surface area contributed by atoms with Gasteiger partial charge in [-0.15, -0.1) is 0 Å². The molecule has 0 N–H and O–H groups in total. The zero-order chi connectivity index (χ0) is 15.2. The summed E-state index contributed by atoms with van der Waals surface area (Å²) >= 11 is 0. The fraction of sp³-hybridized carbons (Fsp3) is 0.944. The molecule has 4 aliphatic carbocycles. The second-order valence-corrected chi connectivity index (χ2v) is 8.38. The highest BCUT2D eigenvalue weighted by Crippen LogP contribution is 2.60. The fourth-order valence-corrected chi connectivity index (χ4v) is 6.00. The minimum Gasteiger partial charge on any atom is -0.379 e. The number of nitrogens with zero attached hydrogens (tertiary/aromatic N) is 2. The number of hydrogen-bond acceptors (Lipinski definition) is 3. The molecule has 0 radical (unpaired) electrons. The van der Waals surface area contributed by atoms with E-state index in [1.807, 2.05) is 11.9 Å². The summed E-state index contributed by atoms with van der Waals surface area (Å²) in [4.78, 5) is 17.6. The van der Waals surface area contributed by atoms with E-state index in [1.165, 1.54) is 38.5 Å². The summed E-state index contributed by atoms with van der Waals surface area (Å²) in [6, 6.07) is 0. The average molecular weight is 306 g/mol. The van der Waals surface area contributed by atoms with Crippen LogP contribution in [0.2, 0.25) is 0 Å². The summed E-state index contributed by atoms with van der Waals surface area (Å²) in [7, 11) is 2.03. The Morgan fingerprint density at radius 2 is 1.64 bits per heavy atom. The lowest BCUT2D eigenvalue weighted by molar-refractivity contribution is -0.156. The van der Waals surface area contributed by atoms with E-state index in [0.717, 1.165) is 57.1 Å². The minimum absolute atomic E-state index is 0.0223. The first-order chi connectivity index (χ1) is 10.6. The van der Waals surface area contributed by atoms with Crippen molar-refractivity contribution < 1.29 is 9.53 Å². The molecule has 0 spiro atoms. The van der Waals surface area contributed by atoms with Gasteiger partial charge in [0, 0.05) is 33.2 Å². The number of carbonyl (C=O) groups excluding carboxylic acids is 1. The minimum atomic E-state index is 0.0223. The van der Waals surface area contributed by atoms with Crippen LogP contribution in [0.4, 0.5) is 0 Å². The Morgan fingerprint density at radius 3 is 2.18 bits per heavy atom. The van der Waals surface area contributed by atoms with Crippen molar-refractivity contribution in [2.75, 3.05) is 46.4 Å². The first kappa shape index (κ1) is 14.9. The molecule has 5 rings (SSSR count). The molecule has 4 saturated carbocycles. The van der Waals surface area contributed by atoms with E-state index in [2.05, 4.69) is 4.90 Å². The van der Waals surface area contributed by atoms with Crippen molar-refractivity contribution >= 4 is 5.91 Å². The highest BCUT2D eigenvalue weighted by atomic mass is 16.5. The molecule has 5 aliphatic rings. The standard InChI is InChI=1S/C18H30N2O2/c1-19(2-3-20-4-6-22-7-5-20)17(21)18-11-14-8-15(12-18)10-16(9-14)13-18/h14-16H,2-13H2,1H3. The Labute approximate surface area is 134 Å². The second-order valence-electron chi connectivity index (χ2n) is 8.38. The summed E-state index contributed by atoms with van der Waals surface area (Å²) in [5, 5.41) is 0. The molecule has 1 heterocycles. The predicted octanol–water partition coefficient (Wildman–Crippen LogP) is 1.99. The van der Waals surface area contributed by atoms with Crippen LogP contribution in [0.3, 0.4) is 0 Å². The number of amides is 1. The van der Waals surface area contributed by atoms with Gasteiger partial charge in [-0.3, -0.25) is 9.69 Å². The van der Waals surface area contributed by atoms with Crippen molar-refractivity contribution in [2.45, 2.75) is 38.5 Å². The summed E-state index contributed by atoms with van der Waals surface area (Å²) < 4.78 is 5.40. The summed E-state index contributed by atoms with van der Waals surface area (Å²) in [5.74, 6) is 3.01. The van der Waals surface area contributed by atoms with Gasteiger partial charge in [-0.05, 0) is 56.3 Å². The van der Waals surface area contributed by atoms with Crippen LogP contribution in [-0.4, -0.2) is 62.1 Å². The Hall–Kier alpha value is -0.610. The molecule has 1 aliphatic heterocycles. The number of carbonyl (C=O) groups is 1. The van der Waals surface area contributed by atoms with Crippen LogP contribution in [0.5, 0.6) is 0 Å². The van der Waals surface area contributed by atoms with E-state index in [0.29, 0.717) is 5.91 Å². The van der Waals surface area contributed by atoms with E-state index >= 15 is 0 Å². The quantitative estimate of drug-likeness (QED) is 0.796. The normalized spacial score (nSPS) is 40.9. The van der Waals surface area contributed by atoms with Crippen LogP contribution >= 0.6 is 0 Å². The molecular weight excluding hydrogens is 276 g/mol. The molecule has 1 amide bonds. The van der Waals surface area contributed by atoms with Gasteiger partial charge in [-0.2, -0.15) is 0 Å². The zero-order valence-electron chi connectivity index (χ0n) is 13.9. The molecule has 0 aromatic heterocycles. The third kappa shape index (κ3) is 2.69. The van der Waals surface area contributed by atoms with Gasteiger partial charge in [0.25, 0.3) is 0 Å². The number of morpholine rings is 1. The van der Waals surface area contributed by atoms with Gasteiger partial charge < -0.3 is 9.64 Å². The highest BCUT2D eigenvalue weighted by Gasteiger charge is 2.55. The Kier molecular flexibility index (Phi) is 3.93. The SMILES string of the molecule is CN(CCN1CCOCC1)C(=O)C12CC3CC(CC(C3)C1)C2. The zero-order valence-corrected chi connectivity index (χ0v) is 13.9. The van der Waals surface area contributed by atoms with Crippen LogP contribution < -0.4 is 0 Å². The summed E-state index contributed by atoms with van der Waals surface area (Å²) in [6.07, 6.45) is 7.76. The molecule has 0 unspecified atom stereocenters. The maximum atomic E-state index is 13.2. The van der Waals surface area contributed by atoms with Crippen LogP contribution in [0, 0.1) is 23.2 Å². The number of likely N-dealkylation sites (N-methyl/N-ethyl adjacent to an activating group) is 1. The van der Waals surface area contributed by atoms with E-state index in [-0.39, 0.29) is 5.41 Å². The number of ether oxygens (including phenoxy) is 1. The molecule has 4 nitrogen and oxygen atoms in total.